The number of hydrogen-bond donors (Lipinski definition) is 1. The zero-order valence-electron chi connectivity index (χ0n) is 17.6. The molecule has 0 radical (unpaired) electrons. The summed E-state index contributed by atoms with van der Waals surface area (Å²) in [4.78, 5) is 12.6. The fraction of sp³-hybridized carbons (Fsp3) is 0.286. The molecule has 0 saturated carbocycles. The summed E-state index contributed by atoms with van der Waals surface area (Å²) in [6, 6.07) is 13.8. The number of carbonyl (C=O) groups is 1. The van der Waals surface area contributed by atoms with Gasteiger partial charge in [0.05, 0.1) is 12.0 Å². The summed E-state index contributed by atoms with van der Waals surface area (Å²) >= 11 is 4.67. The van der Waals surface area contributed by atoms with Gasteiger partial charge >= 0.3 is 0 Å². The quantitative estimate of drug-likeness (QED) is 0.410. The summed E-state index contributed by atoms with van der Waals surface area (Å²) in [6.07, 6.45) is 0.630. The van der Waals surface area contributed by atoms with Crippen LogP contribution < -0.4 is 10.1 Å². The highest BCUT2D eigenvalue weighted by atomic mass is 79.9. The van der Waals surface area contributed by atoms with Crippen LogP contribution in [0.2, 0.25) is 0 Å². The average molecular weight is 539 g/mol. The summed E-state index contributed by atoms with van der Waals surface area (Å²) in [5.41, 5.74) is 0.886. The van der Waals surface area contributed by atoms with E-state index in [1.165, 1.54) is 34.9 Å². The van der Waals surface area contributed by atoms with Gasteiger partial charge in [0.1, 0.15) is 10.8 Å². The Morgan fingerprint density at radius 2 is 1.91 bits per heavy atom. The monoisotopic (exact) mass is 538 g/mol. The fourth-order valence-corrected chi connectivity index (χ4v) is 5.61. The Kier molecular flexibility index (Phi) is 8.35. The van der Waals surface area contributed by atoms with Crippen molar-refractivity contribution in [1.82, 2.24) is 14.5 Å². The molecule has 1 aromatic heterocycles. The molecular weight excluding hydrogens is 516 g/mol. The number of benzene rings is 2. The highest BCUT2D eigenvalue weighted by Gasteiger charge is 2.24. The predicted octanol–water partition coefficient (Wildman–Crippen LogP) is 4.41. The first-order valence-corrected chi connectivity index (χ1v) is 12.9. The molecule has 0 aliphatic rings. The minimum atomic E-state index is -3.72. The zero-order chi connectivity index (χ0) is 23.1. The number of aromatic nitrogens is 2. The highest BCUT2D eigenvalue weighted by molar-refractivity contribution is 9.10. The van der Waals surface area contributed by atoms with E-state index in [1.54, 1.807) is 12.1 Å². The summed E-state index contributed by atoms with van der Waals surface area (Å²) < 4.78 is 33.3. The van der Waals surface area contributed by atoms with Crippen molar-refractivity contribution < 1.29 is 17.9 Å². The maximum Gasteiger partial charge on any atom is 0.243 e. The molecule has 1 amide bonds. The maximum atomic E-state index is 13.0. The third kappa shape index (κ3) is 6.12. The molecule has 32 heavy (non-hydrogen) atoms. The number of nitrogens with one attached hydrogen (secondary N) is 1. The molecule has 0 atom stereocenters. The molecule has 1 heterocycles. The molecule has 1 N–H and O–H groups in total. The molecule has 0 bridgehead atoms. The molecule has 3 aromatic rings. The molecular formula is C21H23BrN4O4S2. The van der Waals surface area contributed by atoms with E-state index in [9.17, 15) is 13.2 Å². The first kappa shape index (κ1) is 24.3. The first-order chi connectivity index (χ1) is 15.3. The summed E-state index contributed by atoms with van der Waals surface area (Å²) in [7, 11) is -2.21. The van der Waals surface area contributed by atoms with Crippen LogP contribution >= 0.6 is 27.3 Å². The predicted molar refractivity (Wildman–Crippen MR) is 128 cm³/mol. The van der Waals surface area contributed by atoms with E-state index in [4.69, 9.17) is 4.74 Å². The number of nitrogens with zero attached hydrogens (tertiary/aromatic N) is 3. The van der Waals surface area contributed by atoms with Gasteiger partial charge in [-0.2, -0.15) is 4.31 Å². The lowest BCUT2D eigenvalue weighted by molar-refractivity contribution is -0.116. The van der Waals surface area contributed by atoms with E-state index in [1.807, 2.05) is 31.2 Å². The van der Waals surface area contributed by atoms with Crippen molar-refractivity contribution in [2.45, 2.75) is 24.7 Å². The Morgan fingerprint density at radius 1 is 1.16 bits per heavy atom. The molecule has 3 rings (SSSR count). The average Bonchev–Trinajstić information content (AvgIpc) is 3.25. The van der Waals surface area contributed by atoms with E-state index >= 15 is 0 Å². The lowest BCUT2D eigenvalue weighted by atomic mass is 10.2. The van der Waals surface area contributed by atoms with Gasteiger partial charge in [0.15, 0.2) is 0 Å². The molecule has 11 heteroatoms. The van der Waals surface area contributed by atoms with Gasteiger partial charge in [-0.3, -0.25) is 4.79 Å². The number of ether oxygens (including phenoxy) is 1. The van der Waals surface area contributed by atoms with Crippen molar-refractivity contribution in [1.29, 1.82) is 0 Å². The van der Waals surface area contributed by atoms with Crippen LogP contribution in [0.25, 0.3) is 10.6 Å². The van der Waals surface area contributed by atoms with Crippen molar-refractivity contribution in [2.24, 2.45) is 0 Å². The van der Waals surface area contributed by atoms with Gasteiger partial charge in [0.2, 0.25) is 21.1 Å². The largest absolute Gasteiger partial charge is 0.497 e. The molecule has 0 spiro atoms. The lowest BCUT2D eigenvalue weighted by Crippen LogP contribution is -2.34. The maximum absolute atomic E-state index is 13.0. The lowest BCUT2D eigenvalue weighted by Gasteiger charge is -2.21. The molecule has 170 valence electrons. The van der Waals surface area contributed by atoms with E-state index in [2.05, 4.69) is 31.4 Å². The van der Waals surface area contributed by atoms with Gasteiger partial charge in [0, 0.05) is 29.5 Å². The topological polar surface area (TPSA) is 101 Å². The molecule has 0 aliphatic carbocycles. The Bertz CT molecular complexity index is 1170. The molecule has 8 nitrogen and oxygen atoms in total. The molecule has 2 aromatic carbocycles. The van der Waals surface area contributed by atoms with Crippen LogP contribution in [-0.2, 0) is 14.8 Å². The minimum absolute atomic E-state index is 0.00117. The second-order valence-electron chi connectivity index (χ2n) is 6.80. The van der Waals surface area contributed by atoms with Crippen molar-refractivity contribution in [3.63, 3.8) is 0 Å². The number of amides is 1. The van der Waals surface area contributed by atoms with Crippen molar-refractivity contribution >= 4 is 48.3 Å². The van der Waals surface area contributed by atoms with Gasteiger partial charge in [-0.25, -0.2) is 8.42 Å². The van der Waals surface area contributed by atoms with Crippen LogP contribution in [0.1, 0.15) is 19.8 Å². The van der Waals surface area contributed by atoms with Crippen LogP contribution in [0.5, 0.6) is 5.75 Å². The van der Waals surface area contributed by atoms with Crippen LogP contribution in [-0.4, -0.2) is 49.0 Å². The van der Waals surface area contributed by atoms with Crippen molar-refractivity contribution in [3.05, 3.63) is 53.0 Å². The Hall–Kier alpha value is -2.34. The second-order valence-corrected chi connectivity index (χ2v) is 10.6. The number of halogens is 1. The number of methoxy groups -OCH3 is 1. The van der Waals surface area contributed by atoms with Gasteiger partial charge in [-0.05, 0) is 42.8 Å². The number of rotatable bonds is 10. The first-order valence-electron chi connectivity index (χ1n) is 9.87. The SMILES string of the molecule is CCCN(CCC(=O)Nc1nnc(-c2cccc(Br)c2)s1)S(=O)(=O)c1ccc(OC)cc1. The second kappa shape index (κ2) is 11.0. The third-order valence-corrected chi connectivity index (χ3v) is 7.80. The van der Waals surface area contributed by atoms with Crippen molar-refractivity contribution in [3.8, 4) is 16.3 Å². The Morgan fingerprint density at radius 3 is 2.56 bits per heavy atom. The number of anilines is 1. The van der Waals surface area contributed by atoms with E-state index in [-0.39, 0.29) is 23.8 Å². The molecule has 0 fully saturated rings. The van der Waals surface area contributed by atoms with E-state index < -0.39 is 10.0 Å². The minimum Gasteiger partial charge on any atom is -0.497 e. The Labute approximate surface area is 199 Å². The number of carbonyl (C=O) groups excluding carboxylic acids is 1. The summed E-state index contributed by atoms with van der Waals surface area (Å²) in [6.45, 7) is 2.26. The summed E-state index contributed by atoms with van der Waals surface area (Å²) in [5, 5.41) is 11.9. The Balaban J connectivity index is 1.63. The fourth-order valence-electron chi connectivity index (χ4n) is 2.92. The number of sulfonamides is 1. The van der Waals surface area contributed by atoms with Crippen LogP contribution in [0, 0.1) is 0 Å². The van der Waals surface area contributed by atoms with Crippen molar-refractivity contribution in [2.75, 3.05) is 25.5 Å². The van der Waals surface area contributed by atoms with E-state index in [0.717, 1.165) is 10.0 Å². The van der Waals surface area contributed by atoms with Crippen LogP contribution in [0.3, 0.4) is 0 Å². The van der Waals surface area contributed by atoms with Gasteiger partial charge in [-0.15, -0.1) is 10.2 Å². The zero-order valence-corrected chi connectivity index (χ0v) is 20.8. The highest BCUT2D eigenvalue weighted by Crippen LogP contribution is 2.28. The standard InChI is InChI=1S/C21H23BrN4O4S2/c1-3-12-26(32(28,29)18-9-7-17(30-2)8-10-18)13-11-19(27)23-21-25-24-20(31-21)15-5-4-6-16(22)14-15/h4-10,14H,3,11-13H2,1-2H3,(H,23,25,27). The molecule has 0 aliphatic heterocycles. The normalized spacial score (nSPS) is 11.5. The summed E-state index contributed by atoms with van der Waals surface area (Å²) in [5.74, 6) is 0.248. The third-order valence-electron chi connectivity index (χ3n) is 4.50. The molecule has 0 saturated heterocycles. The van der Waals surface area contributed by atoms with Gasteiger partial charge in [0.25, 0.3) is 0 Å². The van der Waals surface area contributed by atoms with E-state index in [0.29, 0.717) is 28.9 Å². The van der Waals surface area contributed by atoms with Gasteiger partial charge < -0.3 is 10.1 Å². The van der Waals surface area contributed by atoms with Gasteiger partial charge in [-0.1, -0.05) is 46.3 Å². The smallest absolute Gasteiger partial charge is 0.243 e. The number of hydrogen-bond acceptors (Lipinski definition) is 7. The van der Waals surface area contributed by atoms with Crippen LogP contribution in [0.15, 0.2) is 57.9 Å². The molecule has 0 unspecified atom stereocenters. The van der Waals surface area contributed by atoms with Crippen LogP contribution in [0.4, 0.5) is 5.13 Å².